The number of nitrogens with zero attached hydrogens (tertiary/aromatic N) is 1. The lowest BCUT2D eigenvalue weighted by Gasteiger charge is -2.33. The number of methoxy groups -OCH3 is 2. The summed E-state index contributed by atoms with van der Waals surface area (Å²) in [7, 11) is 2.87. The topological polar surface area (TPSA) is 94.2 Å². The van der Waals surface area contributed by atoms with Crippen molar-refractivity contribution in [2.45, 2.75) is 32.2 Å². The fourth-order valence-electron chi connectivity index (χ4n) is 3.53. The molecule has 1 saturated heterocycles. The van der Waals surface area contributed by atoms with Crippen molar-refractivity contribution in [1.82, 2.24) is 4.90 Å². The molecule has 0 saturated carbocycles. The molecule has 0 bridgehead atoms. The summed E-state index contributed by atoms with van der Waals surface area (Å²) in [6.07, 6.45) is 2.99. The van der Waals surface area contributed by atoms with E-state index in [4.69, 9.17) is 14.2 Å². The number of benzene rings is 1. The number of nitrogens with one attached hydrogen (secondary N) is 1. The van der Waals surface area contributed by atoms with Crippen molar-refractivity contribution in [2.75, 3.05) is 32.7 Å². The van der Waals surface area contributed by atoms with Gasteiger partial charge in [0.25, 0.3) is 11.8 Å². The molecule has 1 N–H and O–H groups in total. The number of piperidine rings is 1. The molecule has 1 aromatic heterocycles. The minimum atomic E-state index is -0.689. The average Bonchev–Trinajstić information content (AvgIpc) is 3.32. The summed E-state index contributed by atoms with van der Waals surface area (Å²) >= 11 is 1.29. The molecule has 9 heteroatoms. The van der Waals surface area contributed by atoms with Crippen LogP contribution in [-0.2, 0) is 9.53 Å². The van der Waals surface area contributed by atoms with E-state index >= 15 is 0 Å². The van der Waals surface area contributed by atoms with E-state index in [1.165, 1.54) is 37.7 Å². The highest BCUT2D eigenvalue weighted by Gasteiger charge is 2.25. The van der Waals surface area contributed by atoms with Crippen LogP contribution in [-0.4, -0.2) is 56.1 Å². The number of likely N-dealkylation sites (tertiary alicyclic amines) is 1. The van der Waals surface area contributed by atoms with Gasteiger partial charge < -0.3 is 24.4 Å². The minimum absolute atomic E-state index is 0.138. The van der Waals surface area contributed by atoms with Gasteiger partial charge in [0.1, 0.15) is 0 Å². The first-order valence-corrected chi connectivity index (χ1v) is 10.9. The molecular weight excluding hydrogens is 420 g/mol. The normalized spacial score (nSPS) is 15.8. The van der Waals surface area contributed by atoms with E-state index in [0.717, 1.165) is 19.3 Å². The lowest BCUT2D eigenvalue weighted by Crippen LogP contribution is -2.44. The Labute approximate surface area is 185 Å². The van der Waals surface area contributed by atoms with Gasteiger partial charge in [0.2, 0.25) is 0 Å². The van der Waals surface area contributed by atoms with Crippen molar-refractivity contribution in [3.8, 4) is 11.5 Å². The van der Waals surface area contributed by atoms with Crippen molar-refractivity contribution in [3.63, 3.8) is 0 Å². The molecule has 0 radical (unpaired) electrons. The lowest BCUT2D eigenvalue weighted by atomic mass is 10.0. The van der Waals surface area contributed by atoms with Gasteiger partial charge in [-0.2, -0.15) is 0 Å². The number of esters is 1. The summed E-state index contributed by atoms with van der Waals surface area (Å²) in [6, 6.07) is 6.50. The Balaban J connectivity index is 1.75. The highest BCUT2D eigenvalue weighted by Crippen LogP contribution is 2.37. The van der Waals surface area contributed by atoms with Crippen LogP contribution >= 0.6 is 11.3 Å². The summed E-state index contributed by atoms with van der Waals surface area (Å²) in [6.45, 7) is 2.33. The SMILES string of the molecule is COc1cc(C(=O)OCC(=O)N2CCCC[C@H]2C)cc(NC(=O)c2cccs2)c1OC. The van der Waals surface area contributed by atoms with Gasteiger partial charge in [0, 0.05) is 12.6 Å². The first kappa shape index (κ1) is 22.6. The summed E-state index contributed by atoms with van der Waals surface area (Å²) in [4.78, 5) is 39.8. The maximum atomic E-state index is 12.6. The number of hydrogen-bond donors (Lipinski definition) is 1. The average molecular weight is 447 g/mol. The second-order valence-corrected chi connectivity index (χ2v) is 8.15. The van der Waals surface area contributed by atoms with Crippen LogP contribution in [0.5, 0.6) is 11.5 Å². The number of rotatable bonds is 7. The number of anilines is 1. The van der Waals surface area contributed by atoms with Gasteiger partial charge in [-0.3, -0.25) is 9.59 Å². The van der Waals surface area contributed by atoms with Gasteiger partial charge in [-0.25, -0.2) is 4.79 Å². The van der Waals surface area contributed by atoms with Crippen LogP contribution < -0.4 is 14.8 Å². The van der Waals surface area contributed by atoms with Gasteiger partial charge in [-0.15, -0.1) is 11.3 Å². The maximum Gasteiger partial charge on any atom is 0.338 e. The first-order valence-electron chi connectivity index (χ1n) is 10.0. The molecule has 1 aliphatic heterocycles. The molecule has 1 atom stereocenters. The van der Waals surface area contributed by atoms with Crippen LogP contribution in [0.1, 0.15) is 46.2 Å². The van der Waals surface area contributed by atoms with Crippen LogP contribution in [0.25, 0.3) is 0 Å². The zero-order valence-corrected chi connectivity index (χ0v) is 18.6. The number of carbonyl (C=O) groups excluding carboxylic acids is 3. The molecule has 2 amide bonds. The Morgan fingerprint density at radius 2 is 2.00 bits per heavy atom. The highest BCUT2D eigenvalue weighted by atomic mass is 32.1. The number of amides is 2. The van der Waals surface area contributed by atoms with Crippen LogP contribution in [0.2, 0.25) is 0 Å². The van der Waals surface area contributed by atoms with Crippen molar-refractivity contribution in [3.05, 3.63) is 40.1 Å². The molecule has 0 aliphatic carbocycles. The molecule has 0 spiro atoms. The van der Waals surface area contributed by atoms with Gasteiger partial charge in [-0.1, -0.05) is 6.07 Å². The number of carbonyl (C=O) groups is 3. The third kappa shape index (κ3) is 5.35. The second-order valence-electron chi connectivity index (χ2n) is 7.20. The molecule has 1 aromatic carbocycles. The van der Waals surface area contributed by atoms with E-state index in [2.05, 4.69) is 5.32 Å². The smallest absolute Gasteiger partial charge is 0.338 e. The molecule has 31 heavy (non-hydrogen) atoms. The molecule has 3 rings (SSSR count). The molecule has 2 aromatic rings. The molecule has 1 aliphatic rings. The van der Waals surface area contributed by atoms with Crippen molar-refractivity contribution < 1.29 is 28.6 Å². The summed E-state index contributed by atoms with van der Waals surface area (Å²) in [5, 5.41) is 4.53. The predicted molar refractivity (Wildman–Crippen MR) is 117 cm³/mol. The van der Waals surface area contributed by atoms with Crippen molar-refractivity contribution in [1.29, 1.82) is 0 Å². The fourth-order valence-corrected chi connectivity index (χ4v) is 4.15. The van der Waals surface area contributed by atoms with Crippen LogP contribution in [0.4, 0.5) is 5.69 Å². The number of hydrogen-bond acceptors (Lipinski definition) is 7. The standard InChI is InChI=1S/C22H26N2O6S/c1-14-7-4-5-9-24(14)19(25)13-30-22(27)15-11-16(20(29-3)17(12-15)28-2)23-21(26)18-8-6-10-31-18/h6,8,10-12,14H,4-5,7,9,13H2,1-3H3,(H,23,26)/t14-/m1/s1. The second kappa shape index (κ2) is 10.3. The summed E-state index contributed by atoms with van der Waals surface area (Å²) in [5.41, 5.74) is 0.404. The van der Waals surface area contributed by atoms with E-state index in [1.807, 2.05) is 6.92 Å². The third-order valence-corrected chi connectivity index (χ3v) is 6.03. The minimum Gasteiger partial charge on any atom is -0.493 e. The van der Waals surface area contributed by atoms with E-state index in [9.17, 15) is 14.4 Å². The zero-order chi connectivity index (χ0) is 22.4. The Hall–Kier alpha value is -3.07. The number of ether oxygens (including phenoxy) is 3. The van der Waals surface area contributed by atoms with Gasteiger partial charge in [0.05, 0.1) is 30.3 Å². The van der Waals surface area contributed by atoms with E-state index < -0.39 is 5.97 Å². The quantitative estimate of drug-likeness (QED) is 0.654. The lowest BCUT2D eigenvalue weighted by molar-refractivity contribution is -0.137. The summed E-state index contributed by atoms with van der Waals surface area (Å²) < 4.78 is 15.9. The molecule has 166 valence electrons. The van der Waals surface area contributed by atoms with Crippen molar-refractivity contribution >= 4 is 34.8 Å². The van der Waals surface area contributed by atoms with E-state index in [0.29, 0.717) is 11.4 Å². The van der Waals surface area contributed by atoms with Crippen molar-refractivity contribution in [2.24, 2.45) is 0 Å². The monoisotopic (exact) mass is 446 g/mol. The van der Waals surface area contributed by atoms with Gasteiger partial charge in [0.15, 0.2) is 18.1 Å². The molecular formula is C22H26N2O6S. The van der Waals surface area contributed by atoms with E-state index in [1.54, 1.807) is 22.4 Å². The molecule has 0 unspecified atom stereocenters. The molecule has 1 fully saturated rings. The first-order chi connectivity index (χ1) is 14.9. The third-order valence-electron chi connectivity index (χ3n) is 5.16. The largest absolute Gasteiger partial charge is 0.493 e. The van der Waals surface area contributed by atoms with Gasteiger partial charge >= 0.3 is 5.97 Å². The van der Waals surface area contributed by atoms with Gasteiger partial charge in [-0.05, 0) is 49.8 Å². The van der Waals surface area contributed by atoms with E-state index in [-0.39, 0.29) is 47.2 Å². The summed E-state index contributed by atoms with van der Waals surface area (Å²) in [5.74, 6) is -0.704. The van der Waals surface area contributed by atoms with Crippen LogP contribution in [0.3, 0.4) is 0 Å². The van der Waals surface area contributed by atoms with Crippen LogP contribution in [0, 0.1) is 0 Å². The Kier molecular flexibility index (Phi) is 7.51. The Bertz CT molecular complexity index is 944. The predicted octanol–water partition coefficient (Wildman–Crippen LogP) is 3.58. The zero-order valence-electron chi connectivity index (χ0n) is 17.8. The molecule has 2 heterocycles. The molecule has 8 nitrogen and oxygen atoms in total. The number of thiophene rings is 1. The van der Waals surface area contributed by atoms with Crippen LogP contribution in [0.15, 0.2) is 29.6 Å². The highest BCUT2D eigenvalue weighted by molar-refractivity contribution is 7.12. The Morgan fingerprint density at radius 3 is 2.65 bits per heavy atom. The maximum absolute atomic E-state index is 12.6. The Morgan fingerprint density at radius 1 is 1.19 bits per heavy atom. The fraction of sp³-hybridized carbons (Fsp3) is 0.409.